The summed E-state index contributed by atoms with van der Waals surface area (Å²) in [6.07, 6.45) is 1.76. The average molecular weight is 476 g/mol. The number of nitrogens with one attached hydrogen (secondary N) is 1. The van der Waals surface area contributed by atoms with E-state index < -0.39 is 0 Å². The smallest absolute Gasteiger partial charge is 0.236 e. The number of thioether (sulfide) groups is 1. The fourth-order valence-corrected chi connectivity index (χ4v) is 4.45. The first-order chi connectivity index (χ1) is 14.5. The summed E-state index contributed by atoms with van der Waals surface area (Å²) in [5, 5.41) is 13.5. The minimum atomic E-state index is -0.171. The molecule has 0 atom stereocenters. The fraction of sp³-hybridized carbons (Fsp3) is 0.100. The molecule has 0 aliphatic carbocycles. The van der Waals surface area contributed by atoms with Crippen LogP contribution in [0.1, 0.15) is 5.01 Å². The number of imidazole rings is 1. The number of nitrogens with zero attached hydrogens (tertiary/aromatic N) is 4. The van der Waals surface area contributed by atoms with Crippen LogP contribution in [-0.4, -0.2) is 31.4 Å². The van der Waals surface area contributed by atoms with Gasteiger partial charge in [-0.15, -0.1) is 10.2 Å². The summed E-state index contributed by atoms with van der Waals surface area (Å²) >= 11 is 15.0. The zero-order valence-corrected chi connectivity index (χ0v) is 18.8. The summed E-state index contributed by atoms with van der Waals surface area (Å²) in [5.41, 5.74) is 2.66. The highest BCUT2D eigenvalue weighted by Crippen LogP contribution is 2.33. The van der Waals surface area contributed by atoms with E-state index in [2.05, 4.69) is 20.5 Å². The summed E-state index contributed by atoms with van der Waals surface area (Å²) in [6.45, 7) is 1.84. The molecule has 0 saturated carbocycles. The number of aromatic nitrogens is 4. The van der Waals surface area contributed by atoms with Crippen molar-refractivity contribution >= 4 is 57.3 Å². The molecule has 0 saturated heterocycles. The molecule has 2 heterocycles. The highest BCUT2D eigenvalue weighted by molar-refractivity contribution is 7.99. The third kappa shape index (κ3) is 4.67. The molecule has 0 unspecified atom stereocenters. The van der Waals surface area contributed by atoms with Crippen molar-refractivity contribution in [2.75, 3.05) is 11.1 Å². The first-order valence-corrected chi connectivity index (χ1v) is 11.4. The maximum absolute atomic E-state index is 12.3. The molecule has 4 aromatic rings. The Bertz CT molecular complexity index is 1190. The Kier molecular flexibility index (Phi) is 6.38. The van der Waals surface area contributed by atoms with Crippen molar-refractivity contribution in [2.45, 2.75) is 12.1 Å². The van der Waals surface area contributed by atoms with Gasteiger partial charge in [0.2, 0.25) is 11.0 Å². The van der Waals surface area contributed by atoms with Gasteiger partial charge < -0.3 is 0 Å². The van der Waals surface area contributed by atoms with Gasteiger partial charge in [-0.25, -0.2) is 4.98 Å². The molecule has 0 spiro atoms. The second-order valence-electron chi connectivity index (χ2n) is 6.19. The van der Waals surface area contributed by atoms with Crippen LogP contribution < -0.4 is 5.32 Å². The third-order valence-corrected chi connectivity index (χ3v) is 6.51. The largest absolute Gasteiger partial charge is 0.300 e. The Balaban J connectivity index is 1.62. The van der Waals surface area contributed by atoms with Crippen molar-refractivity contribution in [1.82, 2.24) is 19.7 Å². The van der Waals surface area contributed by atoms with E-state index in [9.17, 15) is 4.79 Å². The maximum atomic E-state index is 12.3. The Morgan fingerprint density at radius 3 is 2.63 bits per heavy atom. The molecule has 1 amide bonds. The van der Waals surface area contributed by atoms with Crippen molar-refractivity contribution in [3.8, 4) is 16.9 Å². The fourth-order valence-electron chi connectivity index (χ4n) is 2.75. The summed E-state index contributed by atoms with van der Waals surface area (Å²) < 4.78 is 1.99. The maximum Gasteiger partial charge on any atom is 0.236 e. The van der Waals surface area contributed by atoms with Crippen LogP contribution in [0.2, 0.25) is 10.0 Å². The lowest BCUT2D eigenvalue weighted by molar-refractivity contribution is -0.113. The Morgan fingerprint density at radius 1 is 1.13 bits per heavy atom. The lowest BCUT2D eigenvalue weighted by atomic mass is 10.1. The molecule has 1 N–H and O–H groups in total. The van der Waals surface area contributed by atoms with Crippen molar-refractivity contribution in [2.24, 2.45) is 0 Å². The van der Waals surface area contributed by atoms with Gasteiger partial charge in [-0.05, 0) is 31.2 Å². The zero-order valence-electron chi connectivity index (χ0n) is 15.7. The third-order valence-electron chi connectivity index (χ3n) is 4.06. The number of amides is 1. The molecule has 6 nitrogen and oxygen atoms in total. The summed E-state index contributed by atoms with van der Waals surface area (Å²) in [7, 11) is 0. The molecule has 2 aromatic carbocycles. The van der Waals surface area contributed by atoms with E-state index in [-0.39, 0.29) is 11.7 Å². The lowest BCUT2D eigenvalue weighted by Crippen LogP contribution is -2.14. The van der Waals surface area contributed by atoms with Crippen LogP contribution in [0.3, 0.4) is 0 Å². The number of aryl methyl sites for hydroxylation is 1. The average Bonchev–Trinajstić information content (AvgIpc) is 3.35. The van der Waals surface area contributed by atoms with Gasteiger partial charge in [0.15, 0.2) is 5.16 Å². The highest BCUT2D eigenvalue weighted by atomic mass is 35.5. The molecule has 0 aliphatic heterocycles. The Labute approximate surface area is 191 Å². The minimum Gasteiger partial charge on any atom is -0.300 e. The first kappa shape index (κ1) is 20.9. The molecule has 0 radical (unpaired) electrons. The van der Waals surface area contributed by atoms with Gasteiger partial charge in [0.25, 0.3) is 0 Å². The predicted molar refractivity (Wildman–Crippen MR) is 123 cm³/mol. The standard InChI is InChI=1S/C20H15Cl2N5OS2/c1-12-25-26-19(30-12)24-18(28)11-29-20-23-10-17(13-7-8-15(21)16(22)9-13)27(20)14-5-3-2-4-6-14/h2-10H,11H2,1H3,(H,24,26,28). The van der Waals surface area contributed by atoms with E-state index in [0.717, 1.165) is 22.0 Å². The summed E-state index contributed by atoms with van der Waals surface area (Å²) in [5.74, 6) is 0.0124. The second kappa shape index (κ2) is 9.18. The van der Waals surface area contributed by atoms with Crippen LogP contribution in [0.15, 0.2) is 59.9 Å². The van der Waals surface area contributed by atoms with E-state index in [0.29, 0.717) is 20.3 Å². The molecule has 152 valence electrons. The normalized spacial score (nSPS) is 10.9. The van der Waals surface area contributed by atoms with E-state index >= 15 is 0 Å². The topological polar surface area (TPSA) is 72.7 Å². The summed E-state index contributed by atoms with van der Waals surface area (Å²) in [6, 6.07) is 15.3. The minimum absolute atomic E-state index is 0.171. The first-order valence-electron chi connectivity index (χ1n) is 8.82. The van der Waals surface area contributed by atoms with Gasteiger partial charge >= 0.3 is 0 Å². The Morgan fingerprint density at radius 2 is 1.93 bits per heavy atom. The number of carbonyl (C=O) groups excluding carboxylic acids is 1. The number of rotatable bonds is 6. The van der Waals surface area contributed by atoms with Crippen LogP contribution >= 0.6 is 46.3 Å². The number of hydrogen-bond acceptors (Lipinski definition) is 6. The van der Waals surface area contributed by atoms with E-state index in [4.69, 9.17) is 23.2 Å². The predicted octanol–water partition coefficient (Wildman–Crippen LogP) is 5.74. The lowest BCUT2D eigenvalue weighted by Gasteiger charge is -2.12. The number of benzene rings is 2. The van der Waals surface area contributed by atoms with Crippen LogP contribution in [0.25, 0.3) is 16.9 Å². The molecule has 0 aliphatic rings. The molecule has 30 heavy (non-hydrogen) atoms. The van der Waals surface area contributed by atoms with Gasteiger partial charge in [0, 0.05) is 11.3 Å². The molecule has 2 aromatic heterocycles. The number of anilines is 1. The quantitative estimate of drug-likeness (QED) is 0.360. The molecule has 4 rings (SSSR count). The van der Waals surface area contributed by atoms with Crippen LogP contribution in [0, 0.1) is 6.92 Å². The van der Waals surface area contributed by atoms with Crippen molar-refractivity contribution < 1.29 is 4.79 Å². The number of hydrogen-bond donors (Lipinski definition) is 1. The molecule has 0 bridgehead atoms. The van der Waals surface area contributed by atoms with Crippen molar-refractivity contribution in [3.63, 3.8) is 0 Å². The molecular weight excluding hydrogens is 461 g/mol. The van der Waals surface area contributed by atoms with E-state index in [1.807, 2.05) is 47.9 Å². The van der Waals surface area contributed by atoms with Gasteiger partial charge in [-0.2, -0.15) is 0 Å². The molecule has 10 heteroatoms. The SMILES string of the molecule is Cc1nnc(NC(=O)CSc2ncc(-c3ccc(Cl)c(Cl)c3)n2-c2ccccc2)s1. The molecular formula is C20H15Cl2N5OS2. The number of para-hydroxylation sites is 1. The zero-order chi connectivity index (χ0) is 21.1. The second-order valence-corrected chi connectivity index (χ2v) is 9.13. The summed E-state index contributed by atoms with van der Waals surface area (Å²) in [4.78, 5) is 16.9. The van der Waals surface area contributed by atoms with Crippen LogP contribution in [0.4, 0.5) is 5.13 Å². The van der Waals surface area contributed by atoms with Crippen molar-refractivity contribution in [3.05, 3.63) is 69.8 Å². The number of carbonyl (C=O) groups is 1. The van der Waals surface area contributed by atoms with Gasteiger partial charge in [0.1, 0.15) is 5.01 Å². The van der Waals surface area contributed by atoms with E-state index in [1.165, 1.54) is 23.1 Å². The molecule has 0 fully saturated rings. The van der Waals surface area contributed by atoms with Gasteiger partial charge in [0.05, 0.1) is 27.7 Å². The van der Waals surface area contributed by atoms with E-state index in [1.54, 1.807) is 18.3 Å². The van der Waals surface area contributed by atoms with Gasteiger partial charge in [-0.3, -0.25) is 14.7 Å². The number of halogens is 2. The van der Waals surface area contributed by atoms with Crippen molar-refractivity contribution in [1.29, 1.82) is 0 Å². The van der Waals surface area contributed by atoms with Gasteiger partial charge in [-0.1, -0.05) is 70.6 Å². The van der Waals surface area contributed by atoms with Crippen LogP contribution in [0.5, 0.6) is 0 Å². The van der Waals surface area contributed by atoms with Crippen LogP contribution in [-0.2, 0) is 4.79 Å². The Hall–Kier alpha value is -2.39. The highest BCUT2D eigenvalue weighted by Gasteiger charge is 2.17. The monoisotopic (exact) mass is 475 g/mol.